The van der Waals surface area contributed by atoms with Gasteiger partial charge in [0.15, 0.2) is 11.5 Å². The van der Waals surface area contributed by atoms with Gasteiger partial charge in [-0.15, -0.1) is 11.3 Å². The minimum absolute atomic E-state index is 0.0220. The number of aliphatic hydroxyl groups is 1. The minimum Gasteiger partial charge on any atom is -0.493 e. The van der Waals surface area contributed by atoms with Gasteiger partial charge in [0, 0.05) is 10.8 Å². The second-order valence-electron chi connectivity index (χ2n) is 5.81. The molecule has 2 aromatic rings. The lowest BCUT2D eigenvalue weighted by atomic mass is 9.93. The summed E-state index contributed by atoms with van der Waals surface area (Å²) in [7, 11) is 1.60. The Labute approximate surface area is 129 Å². The molecule has 0 bridgehead atoms. The lowest BCUT2D eigenvalue weighted by Crippen LogP contribution is -2.11. The van der Waals surface area contributed by atoms with Crippen molar-refractivity contribution in [1.82, 2.24) is 4.98 Å². The zero-order chi connectivity index (χ0) is 15.5. The van der Waals surface area contributed by atoms with Crippen LogP contribution in [0.25, 0.3) is 0 Å². The molecular weight excluding hydrogens is 286 g/mol. The van der Waals surface area contributed by atoms with Crippen LogP contribution in [0.1, 0.15) is 37.0 Å². The highest BCUT2D eigenvalue weighted by molar-refractivity contribution is 7.09. The van der Waals surface area contributed by atoms with Crippen molar-refractivity contribution in [2.75, 3.05) is 7.11 Å². The van der Waals surface area contributed by atoms with Gasteiger partial charge in [0.2, 0.25) is 0 Å². The van der Waals surface area contributed by atoms with E-state index in [9.17, 15) is 5.11 Å². The van der Waals surface area contributed by atoms with Crippen LogP contribution >= 0.6 is 11.3 Å². The Morgan fingerprint density at radius 1 is 1.24 bits per heavy atom. The molecule has 0 spiro atoms. The number of benzene rings is 1. The number of hydrogen-bond acceptors (Lipinski definition) is 5. The summed E-state index contributed by atoms with van der Waals surface area (Å²) in [6, 6.07) is 5.40. The molecule has 1 heterocycles. The molecule has 2 rings (SSSR count). The van der Waals surface area contributed by atoms with Crippen LogP contribution in [0.15, 0.2) is 23.6 Å². The van der Waals surface area contributed by atoms with Gasteiger partial charge in [0.25, 0.3) is 0 Å². The Bertz CT molecular complexity index is 602. The fourth-order valence-corrected chi connectivity index (χ4v) is 2.73. The molecule has 0 atom stereocenters. The predicted molar refractivity (Wildman–Crippen MR) is 84.1 cm³/mol. The predicted octanol–water partition coefficient (Wildman–Crippen LogP) is 3.52. The summed E-state index contributed by atoms with van der Waals surface area (Å²) < 4.78 is 11.1. The highest BCUT2D eigenvalue weighted by Gasteiger charge is 2.17. The highest BCUT2D eigenvalue weighted by Crippen LogP contribution is 2.30. The summed E-state index contributed by atoms with van der Waals surface area (Å²) >= 11 is 1.59. The molecule has 0 aliphatic rings. The van der Waals surface area contributed by atoms with E-state index in [0.717, 1.165) is 16.3 Å². The first-order valence-electron chi connectivity index (χ1n) is 6.79. The van der Waals surface area contributed by atoms with Crippen LogP contribution in [0.4, 0.5) is 0 Å². The molecule has 0 aliphatic carbocycles. The standard InChI is InChI=1S/C16H21NO3S/c1-16(2,3)14-10-21-15(17-14)9-20-13-7-11(8-18)5-6-12(13)19-4/h5-7,10,18H,8-9H2,1-4H3. The second kappa shape index (κ2) is 6.45. The molecule has 0 saturated carbocycles. The summed E-state index contributed by atoms with van der Waals surface area (Å²) in [6.07, 6.45) is 0. The van der Waals surface area contributed by atoms with E-state index in [-0.39, 0.29) is 12.0 Å². The number of aliphatic hydroxyl groups excluding tert-OH is 1. The zero-order valence-corrected chi connectivity index (χ0v) is 13.7. The number of thiazole rings is 1. The topological polar surface area (TPSA) is 51.6 Å². The van der Waals surface area contributed by atoms with Gasteiger partial charge in [-0.05, 0) is 17.7 Å². The fourth-order valence-electron chi connectivity index (χ4n) is 1.79. The average molecular weight is 307 g/mol. The molecule has 0 fully saturated rings. The van der Waals surface area contributed by atoms with Crippen LogP contribution in [0.5, 0.6) is 11.5 Å². The molecule has 0 aliphatic heterocycles. The molecule has 0 amide bonds. The monoisotopic (exact) mass is 307 g/mol. The van der Waals surface area contributed by atoms with Crippen molar-refractivity contribution in [2.24, 2.45) is 0 Å². The van der Waals surface area contributed by atoms with Crippen LogP contribution in [0.2, 0.25) is 0 Å². The maximum Gasteiger partial charge on any atom is 0.162 e. The van der Waals surface area contributed by atoms with Crippen molar-refractivity contribution in [2.45, 2.75) is 39.4 Å². The SMILES string of the molecule is COc1ccc(CO)cc1OCc1nc(C(C)(C)C)cs1. The van der Waals surface area contributed by atoms with Crippen molar-refractivity contribution in [3.8, 4) is 11.5 Å². The molecule has 5 heteroatoms. The van der Waals surface area contributed by atoms with Crippen molar-refractivity contribution in [1.29, 1.82) is 0 Å². The number of methoxy groups -OCH3 is 1. The van der Waals surface area contributed by atoms with Crippen molar-refractivity contribution in [3.05, 3.63) is 39.8 Å². The molecule has 0 unspecified atom stereocenters. The fraction of sp³-hybridized carbons (Fsp3) is 0.438. The smallest absolute Gasteiger partial charge is 0.162 e. The van der Waals surface area contributed by atoms with Gasteiger partial charge in [-0.25, -0.2) is 4.98 Å². The molecule has 4 nitrogen and oxygen atoms in total. The van der Waals surface area contributed by atoms with Crippen molar-refractivity contribution < 1.29 is 14.6 Å². The van der Waals surface area contributed by atoms with Gasteiger partial charge < -0.3 is 14.6 Å². The van der Waals surface area contributed by atoms with E-state index < -0.39 is 0 Å². The molecule has 0 radical (unpaired) electrons. The normalized spacial score (nSPS) is 11.5. The van der Waals surface area contributed by atoms with Gasteiger partial charge in [0.05, 0.1) is 19.4 Å². The molecule has 21 heavy (non-hydrogen) atoms. The molecule has 1 aromatic carbocycles. The lowest BCUT2D eigenvalue weighted by Gasteiger charge is -2.14. The molecule has 114 valence electrons. The van der Waals surface area contributed by atoms with Crippen LogP contribution < -0.4 is 9.47 Å². The first-order valence-corrected chi connectivity index (χ1v) is 7.67. The Balaban J connectivity index is 2.10. The van der Waals surface area contributed by atoms with Crippen LogP contribution in [-0.4, -0.2) is 17.2 Å². The average Bonchev–Trinajstić information content (AvgIpc) is 2.93. The van der Waals surface area contributed by atoms with Gasteiger partial charge in [-0.2, -0.15) is 0 Å². The Morgan fingerprint density at radius 2 is 2.00 bits per heavy atom. The van der Waals surface area contributed by atoms with E-state index in [0.29, 0.717) is 18.1 Å². The number of rotatable bonds is 5. The Hall–Kier alpha value is -1.59. The maximum absolute atomic E-state index is 9.20. The van der Waals surface area contributed by atoms with E-state index in [1.807, 2.05) is 6.07 Å². The maximum atomic E-state index is 9.20. The molecule has 1 aromatic heterocycles. The van der Waals surface area contributed by atoms with Crippen LogP contribution in [-0.2, 0) is 18.6 Å². The third-order valence-electron chi connectivity index (χ3n) is 3.08. The van der Waals surface area contributed by atoms with E-state index in [4.69, 9.17) is 9.47 Å². The minimum atomic E-state index is -0.0220. The number of nitrogens with zero attached hydrogens (tertiary/aromatic N) is 1. The quantitative estimate of drug-likeness (QED) is 0.918. The largest absolute Gasteiger partial charge is 0.493 e. The highest BCUT2D eigenvalue weighted by atomic mass is 32.1. The Kier molecular flexibility index (Phi) is 4.85. The van der Waals surface area contributed by atoms with Gasteiger partial charge in [-0.1, -0.05) is 26.8 Å². The zero-order valence-electron chi connectivity index (χ0n) is 12.8. The van der Waals surface area contributed by atoms with E-state index in [1.165, 1.54) is 0 Å². The summed E-state index contributed by atoms with van der Waals surface area (Å²) in [5.74, 6) is 1.27. The lowest BCUT2D eigenvalue weighted by molar-refractivity contribution is 0.271. The van der Waals surface area contributed by atoms with Crippen LogP contribution in [0, 0.1) is 0 Å². The van der Waals surface area contributed by atoms with Crippen LogP contribution in [0.3, 0.4) is 0 Å². The van der Waals surface area contributed by atoms with Gasteiger partial charge >= 0.3 is 0 Å². The summed E-state index contributed by atoms with van der Waals surface area (Å²) in [5.41, 5.74) is 1.91. The third kappa shape index (κ3) is 3.95. The first kappa shape index (κ1) is 15.8. The van der Waals surface area contributed by atoms with E-state index in [2.05, 4.69) is 31.1 Å². The van der Waals surface area contributed by atoms with E-state index in [1.54, 1.807) is 30.6 Å². The number of hydrogen-bond donors (Lipinski definition) is 1. The third-order valence-corrected chi connectivity index (χ3v) is 3.90. The number of aromatic nitrogens is 1. The second-order valence-corrected chi connectivity index (χ2v) is 6.75. The summed E-state index contributed by atoms with van der Waals surface area (Å²) in [6.45, 7) is 6.79. The van der Waals surface area contributed by atoms with Gasteiger partial charge in [0.1, 0.15) is 11.6 Å². The molecular formula is C16H21NO3S. The molecule has 1 N–H and O–H groups in total. The van der Waals surface area contributed by atoms with Crippen molar-refractivity contribution in [3.63, 3.8) is 0 Å². The summed E-state index contributed by atoms with van der Waals surface area (Å²) in [4.78, 5) is 4.60. The van der Waals surface area contributed by atoms with Gasteiger partial charge in [-0.3, -0.25) is 0 Å². The summed E-state index contributed by atoms with van der Waals surface area (Å²) in [5, 5.41) is 12.2. The number of ether oxygens (including phenoxy) is 2. The molecule has 0 saturated heterocycles. The van der Waals surface area contributed by atoms with Crippen molar-refractivity contribution >= 4 is 11.3 Å². The van der Waals surface area contributed by atoms with E-state index >= 15 is 0 Å². The Morgan fingerprint density at radius 3 is 2.57 bits per heavy atom. The first-order chi connectivity index (χ1) is 9.94.